The zero-order valence-electron chi connectivity index (χ0n) is 22.8. The number of carbonyl (C=O) groups is 3. The van der Waals surface area contributed by atoms with Crippen LogP contribution < -0.4 is 16.3 Å². The molecule has 0 radical (unpaired) electrons. The topological polar surface area (TPSA) is 139 Å². The largest absolute Gasteiger partial charge is 0.444 e. The number of amides is 3. The van der Waals surface area contributed by atoms with Crippen LogP contribution in [0.1, 0.15) is 45.2 Å². The van der Waals surface area contributed by atoms with Gasteiger partial charge in [-0.25, -0.2) is 9.59 Å². The molecule has 0 spiro atoms. The maximum absolute atomic E-state index is 12.8. The Kier molecular flexibility index (Phi) is 10.7. The zero-order valence-corrected chi connectivity index (χ0v) is 22.8. The molecule has 2 aromatic rings. The molecule has 3 amide bonds. The van der Waals surface area contributed by atoms with Crippen LogP contribution in [0.5, 0.6) is 0 Å². The summed E-state index contributed by atoms with van der Waals surface area (Å²) in [5.74, 6) is 5.16. The highest BCUT2D eigenvalue weighted by Gasteiger charge is 2.31. The number of ether oxygens (including phenoxy) is 4. The van der Waals surface area contributed by atoms with Crippen LogP contribution in [0.15, 0.2) is 23.0 Å². The van der Waals surface area contributed by atoms with E-state index in [9.17, 15) is 19.2 Å². The van der Waals surface area contributed by atoms with Gasteiger partial charge in [-0.15, -0.1) is 0 Å². The van der Waals surface area contributed by atoms with Gasteiger partial charge in [0.15, 0.2) is 0 Å². The van der Waals surface area contributed by atoms with Crippen molar-refractivity contribution in [1.82, 2.24) is 19.8 Å². The quantitative estimate of drug-likeness (QED) is 0.245. The molecule has 1 unspecified atom stereocenters. The Morgan fingerprint density at radius 1 is 1.05 bits per heavy atom. The molecule has 0 saturated carbocycles. The van der Waals surface area contributed by atoms with E-state index >= 15 is 0 Å². The molecule has 2 heterocycles. The number of nitrogens with zero attached hydrogens (tertiary/aromatic N) is 2. The number of rotatable bonds is 11. The Hall–Kier alpha value is -3.66. The average molecular weight is 545 g/mol. The standard InChI is InChI=1S/C27H36N4O8/c1-27(2,3)39-25(34)28-11-13-37-15-17-38-16-14-36-12-5-6-19-7-8-20-22(18-19)30(4)26(35)31(20)21-9-10-23(32)29-24(21)33/h7-8,18,21H,9-17H2,1-4H3,(H,28,34)(H,29,32,33). The van der Waals surface area contributed by atoms with E-state index in [0.29, 0.717) is 56.2 Å². The Bertz CT molecular complexity index is 1300. The van der Waals surface area contributed by atoms with Crippen LogP contribution in [0.4, 0.5) is 4.79 Å². The Morgan fingerprint density at radius 3 is 2.44 bits per heavy atom. The average Bonchev–Trinajstić information content (AvgIpc) is 3.10. The summed E-state index contributed by atoms with van der Waals surface area (Å²) in [5, 5.41) is 4.91. The second-order valence-electron chi connectivity index (χ2n) is 9.89. The normalized spacial score (nSPS) is 15.5. The molecule has 0 aliphatic carbocycles. The number of aryl methyl sites for hydroxylation is 1. The van der Waals surface area contributed by atoms with E-state index in [4.69, 9.17) is 18.9 Å². The molecule has 1 aliphatic rings. The second-order valence-corrected chi connectivity index (χ2v) is 9.89. The van der Waals surface area contributed by atoms with E-state index in [2.05, 4.69) is 22.5 Å². The summed E-state index contributed by atoms with van der Waals surface area (Å²) in [4.78, 5) is 48.1. The van der Waals surface area contributed by atoms with Crippen molar-refractivity contribution in [3.63, 3.8) is 0 Å². The number of hydrogen-bond acceptors (Lipinski definition) is 8. The third-order valence-electron chi connectivity index (χ3n) is 5.68. The zero-order chi connectivity index (χ0) is 28.4. The minimum Gasteiger partial charge on any atom is -0.444 e. The summed E-state index contributed by atoms with van der Waals surface area (Å²) in [7, 11) is 1.64. The van der Waals surface area contributed by atoms with Gasteiger partial charge < -0.3 is 24.3 Å². The number of fused-ring (bicyclic) bond motifs is 1. The summed E-state index contributed by atoms with van der Waals surface area (Å²) >= 11 is 0. The van der Waals surface area contributed by atoms with Gasteiger partial charge in [-0.1, -0.05) is 11.8 Å². The smallest absolute Gasteiger partial charge is 0.407 e. The molecule has 0 bridgehead atoms. The first kappa shape index (κ1) is 29.9. The SMILES string of the molecule is Cn1c(=O)n(C2CCC(=O)NC2=O)c2ccc(C#CCOCCOCCOCCNC(=O)OC(C)(C)C)cc21. The van der Waals surface area contributed by atoms with Crippen molar-refractivity contribution in [3.8, 4) is 11.8 Å². The second kappa shape index (κ2) is 13.9. The highest BCUT2D eigenvalue weighted by atomic mass is 16.6. The van der Waals surface area contributed by atoms with E-state index in [0.717, 1.165) is 0 Å². The van der Waals surface area contributed by atoms with Crippen molar-refractivity contribution in [2.75, 3.05) is 46.2 Å². The fourth-order valence-corrected chi connectivity index (χ4v) is 3.91. The highest BCUT2D eigenvalue weighted by Crippen LogP contribution is 2.23. The molecule has 1 aromatic heterocycles. The maximum atomic E-state index is 12.8. The van der Waals surface area contributed by atoms with Gasteiger partial charge in [0.1, 0.15) is 18.2 Å². The van der Waals surface area contributed by atoms with Crippen molar-refractivity contribution in [3.05, 3.63) is 34.2 Å². The number of nitrogens with one attached hydrogen (secondary N) is 2. The van der Waals surface area contributed by atoms with Gasteiger partial charge >= 0.3 is 11.8 Å². The van der Waals surface area contributed by atoms with E-state index in [1.54, 1.807) is 46.0 Å². The van der Waals surface area contributed by atoms with Gasteiger partial charge in [0.25, 0.3) is 0 Å². The Morgan fingerprint density at radius 2 is 1.74 bits per heavy atom. The molecule has 3 rings (SSSR count). The van der Waals surface area contributed by atoms with Crippen LogP contribution in [0.2, 0.25) is 0 Å². The Labute approximate surface area is 226 Å². The van der Waals surface area contributed by atoms with Gasteiger partial charge in [-0.05, 0) is 45.4 Å². The molecule has 1 atom stereocenters. The minimum atomic E-state index is -0.723. The molecular formula is C27H36N4O8. The first-order valence-electron chi connectivity index (χ1n) is 12.8. The molecular weight excluding hydrogens is 508 g/mol. The monoisotopic (exact) mass is 544 g/mol. The van der Waals surface area contributed by atoms with Crippen molar-refractivity contribution in [1.29, 1.82) is 0 Å². The van der Waals surface area contributed by atoms with Gasteiger partial charge in [0, 0.05) is 25.6 Å². The number of carbonyl (C=O) groups excluding carboxylic acids is 3. The number of imidazole rings is 1. The van der Waals surface area contributed by atoms with Crippen molar-refractivity contribution in [2.45, 2.75) is 45.3 Å². The lowest BCUT2D eigenvalue weighted by molar-refractivity contribution is -0.135. The van der Waals surface area contributed by atoms with Crippen LogP contribution in [0.3, 0.4) is 0 Å². The lowest BCUT2D eigenvalue weighted by Crippen LogP contribution is -2.44. The number of imide groups is 1. The summed E-state index contributed by atoms with van der Waals surface area (Å²) in [5.41, 5.74) is 1.11. The fraction of sp³-hybridized carbons (Fsp3) is 0.556. The van der Waals surface area contributed by atoms with Crippen LogP contribution in [-0.2, 0) is 35.6 Å². The highest BCUT2D eigenvalue weighted by molar-refractivity contribution is 6.00. The van der Waals surface area contributed by atoms with E-state index in [1.165, 1.54) is 9.13 Å². The van der Waals surface area contributed by atoms with Gasteiger partial charge in [-0.2, -0.15) is 0 Å². The van der Waals surface area contributed by atoms with Gasteiger partial charge in [0.05, 0.1) is 44.1 Å². The first-order valence-corrected chi connectivity index (χ1v) is 12.8. The van der Waals surface area contributed by atoms with Crippen molar-refractivity contribution >= 4 is 28.9 Å². The number of benzene rings is 1. The molecule has 12 heteroatoms. The van der Waals surface area contributed by atoms with Crippen LogP contribution >= 0.6 is 0 Å². The fourth-order valence-electron chi connectivity index (χ4n) is 3.91. The molecule has 1 fully saturated rings. The summed E-state index contributed by atoms with van der Waals surface area (Å²) in [6.07, 6.45) is 0.00114. The van der Waals surface area contributed by atoms with Crippen LogP contribution in [0, 0.1) is 11.8 Å². The van der Waals surface area contributed by atoms with E-state index in [-0.39, 0.29) is 31.0 Å². The number of hydrogen-bond donors (Lipinski definition) is 2. The number of alkyl carbamates (subject to hydrolysis) is 1. The number of aromatic nitrogens is 2. The molecule has 39 heavy (non-hydrogen) atoms. The van der Waals surface area contributed by atoms with Crippen molar-refractivity contribution < 1.29 is 33.3 Å². The molecule has 1 saturated heterocycles. The Balaban J connectivity index is 1.34. The lowest BCUT2D eigenvalue weighted by atomic mass is 10.1. The van der Waals surface area contributed by atoms with Crippen LogP contribution in [-0.4, -0.2) is 78.8 Å². The summed E-state index contributed by atoms with van der Waals surface area (Å²) in [6.45, 7) is 7.89. The van der Waals surface area contributed by atoms with Crippen LogP contribution in [0.25, 0.3) is 11.0 Å². The molecule has 212 valence electrons. The number of piperidine rings is 1. The molecule has 2 N–H and O–H groups in total. The summed E-state index contributed by atoms with van der Waals surface area (Å²) < 4.78 is 24.3. The molecule has 1 aliphatic heterocycles. The third-order valence-corrected chi connectivity index (χ3v) is 5.68. The first-order chi connectivity index (χ1) is 18.6. The van der Waals surface area contributed by atoms with E-state index in [1.807, 2.05) is 0 Å². The third kappa shape index (κ3) is 8.95. The van der Waals surface area contributed by atoms with Gasteiger partial charge in [0.2, 0.25) is 11.8 Å². The van der Waals surface area contributed by atoms with Gasteiger partial charge in [-0.3, -0.25) is 24.0 Å². The van der Waals surface area contributed by atoms with Crippen molar-refractivity contribution in [2.24, 2.45) is 7.05 Å². The predicted molar refractivity (Wildman–Crippen MR) is 142 cm³/mol. The van der Waals surface area contributed by atoms with E-state index < -0.39 is 23.6 Å². The lowest BCUT2D eigenvalue weighted by Gasteiger charge is -2.21. The molecule has 1 aromatic carbocycles. The molecule has 12 nitrogen and oxygen atoms in total. The minimum absolute atomic E-state index is 0.191. The maximum Gasteiger partial charge on any atom is 0.407 e. The summed E-state index contributed by atoms with van der Waals surface area (Å²) in [6, 6.07) is 4.61. The predicted octanol–water partition coefficient (Wildman–Crippen LogP) is 1.24.